The molecule has 0 spiro atoms. The summed E-state index contributed by atoms with van der Waals surface area (Å²) in [6.07, 6.45) is 4.12. The number of piperidine rings is 1. The second-order valence-corrected chi connectivity index (χ2v) is 8.84. The Morgan fingerprint density at radius 3 is 2.52 bits per heavy atom. The first kappa shape index (κ1) is 21.3. The molecule has 5 rings (SSSR count). The smallest absolute Gasteiger partial charge is 0.257 e. The van der Waals surface area contributed by atoms with Crippen molar-refractivity contribution in [2.45, 2.75) is 38.3 Å². The first-order valence-electron chi connectivity index (χ1n) is 11.6. The number of carbonyl (C=O) groups is 1. The van der Waals surface area contributed by atoms with Crippen LogP contribution in [-0.4, -0.2) is 45.8 Å². The van der Waals surface area contributed by atoms with Crippen molar-refractivity contribution in [3.05, 3.63) is 82.8 Å². The van der Waals surface area contributed by atoms with Crippen LogP contribution in [0.5, 0.6) is 0 Å². The van der Waals surface area contributed by atoms with E-state index >= 15 is 0 Å². The first-order valence-corrected chi connectivity index (χ1v) is 11.6. The molecule has 1 atom stereocenters. The third-order valence-corrected chi connectivity index (χ3v) is 6.75. The molecule has 1 aliphatic heterocycles. The Labute approximate surface area is 192 Å². The molecule has 1 unspecified atom stereocenters. The van der Waals surface area contributed by atoms with Gasteiger partial charge in [0.1, 0.15) is 5.65 Å². The lowest BCUT2D eigenvalue weighted by Crippen LogP contribution is -2.47. The van der Waals surface area contributed by atoms with E-state index in [4.69, 9.17) is 0 Å². The molecular weight excluding hydrogens is 412 g/mol. The Morgan fingerprint density at radius 2 is 1.76 bits per heavy atom. The highest BCUT2D eigenvalue weighted by Gasteiger charge is 2.27. The summed E-state index contributed by atoms with van der Waals surface area (Å²) in [6.45, 7) is 3.78. The molecule has 33 heavy (non-hydrogen) atoms. The van der Waals surface area contributed by atoms with Gasteiger partial charge in [0, 0.05) is 53.6 Å². The fourth-order valence-electron chi connectivity index (χ4n) is 4.82. The van der Waals surface area contributed by atoms with Crippen LogP contribution < -0.4 is 10.9 Å². The van der Waals surface area contributed by atoms with E-state index in [0.717, 1.165) is 48.0 Å². The van der Waals surface area contributed by atoms with E-state index in [2.05, 4.69) is 20.2 Å². The minimum Gasteiger partial charge on any atom is -0.382 e. The van der Waals surface area contributed by atoms with Gasteiger partial charge in [0.05, 0.1) is 6.04 Å². The van der Waals surface area contributed by atoms with Gasteiger partial charge in [-0.2, -0.15) is 0 Å². The number of nitrogens with one attached hydrogen (secondary N) is 2. The number of hydrogen-bond donors (Lipinski definition) is 2. The summed E-state index contributed by atoms with van der Waals surface area (Å²) in [4.78, 5) is 34.8. The number of pyridine rings is 2. The van der Waals surface area contributed by atoms with Gasteiger partial charge in [0.25, 0.3) is 5.56 Å². The SMILES string of the molecule is CC(C(=O)Cc1ccccc1)N1CCC(Nc2ccnc3[nH]c(=O)c4ccccc4c23)CC1. The van der Waals surface area contributed by atoms with Crippen molar-refractivity contribution in [3.8, 4) is 0 Å². The highest BCUT2D eigenvalue weighted by Crippen LogP contribution is 2.29. The zero-order valence-corrected chi connectivity index (χ0v) is 18.8. The number of likely N-dealkylation sites (tertiary alicyclic amines) is 1. The van der Waals surface area contributed by atoms with E-state index in [1.165, 1.54) is 0 Å². The number of aromatic nitrogens is 2. The second kappa shape index (κ2) is 9.16. The van der Waals surface area contributed by atoms with Gasteiger partial charge in [-0.1, -0.05) is 48.5 Å². The lowest BCUT2D eigenvalue weighted by molar-refractivity contribution is -0.123. The zero-order chi connectivity index (χ0) is 22.8. The van der Waals surface area contributed by atoms with Gasteiger partial charge in [0.2, 0.25) is 0 Å². The third-order valence-electron chi connectivity index (χ3n) is 6.75. The maximum Gasteiger partial charge on any atom is 0.257 e. The fourth-order valence-corrected chi connectivity index (χ4v) is 4.82. The molecule has 0 saturated carbocycles. The number of H-pyrrole nitrogens is 1. The van der Waals surface area contributed by atoms with Crippen LogP contribution in [0, 0.1) is 0 Å². The van der Waals surface area contributed by atoms with Gasteiger partial charge in [-0.25, -0.2) is 4.98 Å². The largest absolute Gasteiger partial charge is 0.382 e. The molecule has 1 saturated heterocycles. The molecule has 0 bridgehead atoms. The van der Waals surface area contributed by atoms with Crippen LogP contribution in [0.25, 0.3) is 21.8 Å². The Kier molecular flexibility index (Phi) is 5.92. The average Bonchev–Trinajstić information content (AvgIpc) is 2.85. The molecule has 0 aliphatic carbocycles. The number of rotatable bonds is 6. The number of fused-ring (bicyclic) bond motifs is 3. The standard InChI is InChI=1S/C27H28N4O2/c1-18(24(32)17-19-7-3-2-4-8-19)31-15-12-20(13-16-31)29-23-11-14-28-26-25(23)21-9-5-6-10-22(21)27(33)30-26/h2-11,14,18,20H,12-13,15-17H2,1H3,(H2,28,29,30,33). The van der Waals surface area contributed by atoms with E-state index < -0.39 is 0 Å². The predicted molar refractivity (Wildman–Crippen MR) is 133 cm³/mol. The number of anilines is 1. The summed E-state index contributed by atoms with van der Waals surface area (Å²) in [5, 5.41) is 6.21. The summed E-state index contributed by atoms with van der Waals surface area (Å²) in [6, 6.07) is 19.8. The molecule has 3 heterocycles. The first-order chi connectivity index (χ1) is 16.1. The third kappa shape index (κ3) is 4.39. The van der Waals surface area contributed by atoms with Crippen LogP contribution in [0.2, 0.25) is 0 Å². The number of benzene rings is 2. The highest BCUT2D eigenvalue weighted by molar-refractivity contribution is 6.10. The molecule has 2 N–H and O–H groups in total. The molecule has 6 nitrogen and oxygen atoms in total. The number of ketones is 1. The van der Waals surface area contributed by atoms with Gasteiger partial charge >= 0.3 is 0 Å². The molecular formula is C27H28N4O2. The van der Waals surface area contributed by atoms with Gasteiger partial charge < -0.3 is 10.3 Å². The number of aromatic amines is 1. The number of carbonyl (C=O) groups excluding carboxylic acids is 1. The highest BCUT2D eigenvalue weighted by atomic mass is 16.1. The van der Waals surface area contributed by atoms with E-state index in [1.54, 1.807) is 6.20 Å². The fraction of sp³-hybridized carbons (Fsp3) is 0.296. The molecule has 1 fully saturated rings. The van der Waals surface area contributed by atoms with E-state index in [9.17, 15) is 9.59 Å². The monoisotopic (exact) mass is 440 g/mol. The average molecular weight is 441 g/mol. The zero-order valence-electron chi connectivity index (χ0n) is 18.8. The van der Waals surface area contributed by atoms with Crippen molar-refractivity contribution in [2.75, 3.05) is 18.4 Å². The quantitative estimate of drug-likeness (QED) is 0.441. The molecule has 0 amide bonds. The lowest BCUT2D eigenvalue weighted by atomic mass is 9.98. The summed E-state index contributed by atoms with van der Waals surface area (Å²) >= 11 is 0. The minimum absolute atomic E-state index is 0.0815. The van der Waals surface area contributed by atoms with Crippen LogP contribution in [0.15, 0.2) is 71.7 Å². The summed E-state index contributed by atoms with van der Waals surface area (Å²) in [5.74, 6) is 0.267. The maximum atomic E-state index is 12.8. The summed E-state index contributed by atoms with van der Waals surface area (Å²) in [7, 11) is 0. The Balaban J connectivity index is 1.28. The van der Waals surface area contributed by atoms with Gasteiger partial charge in [-0.3, -0.25) is 14.5 Å². The van der Waals surface area contributed by atoms with Gasteiger partial charge in [0.15, 0.2) is 5.78 Å². The molecule has 2 aromatic carbocycles. The Hall–Kier alpha value is -3.51. The number of Topliss-reactive ketones (excluding diaryl/α,β-unsaturated/α-hetero) is 1. The van der Waals surface area contributed by atoms with Crippen LogP contribution in [-0.2, 0) is 11.2 Å². The normalized spacial score (nSPS) is 16.2. The second-order valence-electron chi connectivity index (χ2n) is 8.84. The molecule has 6 heteroatoms. The lowest BCUT2D eigenvalue weighted by Gasteiger charge is -2.36. The molecule has 2 aromatic heterocycles. The van der Waals surface area contributed by atoms with E-state index in [-0.39, 0.29) is 17.4 Å². The number of hydrogen-bond acceptors (Lipinski definition) is 5. The van der Waals surface area contributed by atoms with Crippen molar-refractivity contribution < 1.29 is 4.79 Å². The van der Waals surface area contributed by atoms with E-state index in [0.29, 0.717) is 23.5 Å². The van der Waals surface area contributed by atoms with Crippen LogP contribution >= 0.6 is 0 Å². The van der Waals surface area contributed by atoms with Gasteiger partial charge in [-0.15, -0.1) is 0 Å². The number of nitrogens with zero attached hydrogens (tertiary/aromatic N) is 2. The Bertz CT molecular complexity index is 1340. The molecule has 1 aliphatic rings. The van der Waals surface area contributed by atoms with Crippen molar-refractivity contribution >= 4 is 33.3 Å². The maximum absolute atomic E-state index is 12.8. The van der Waals surface area contributed by atoms with Crippen molar-refractivity contribution in [1.29, 1.82) is 0 Å². The van der Waals surface area contributed by atoms with E-state index in [1.807, 2.05) is 67.6 Å². The van der Waals surface area contributed by atoms with Crippen LogP contribution in [0.1, 0.15) is 25.3 Å². The van der Waals surface area contributed by atoms with Crippen molar-refractivity contribution in [1.82, 2.24) is 14.9 Å². The van der Waals surface area contributed by atoms with Crippen molar-refractivity contribution in [3.63, 3.8) is 0 Å². The summed E-state index contributed by atoms with van der Waals surface area (Å²) < 4.78 is 0. The van der Waals surface area contributed by atoms with Crippen molar-refractivity contribution in [2.24, 2.45) is 0 Å². The summed E-state index contributed by atoms with van der Waals surface area (Å²) in [5.41, 5.74) is 2.53. The molecule has 168 valence electrons. The predicted octanol–water partition coefficient (Wildman–Crippen LogP) is 4.15. The topological polar surface area (TPSA) is 78.1 Å². The minimum atomic E-state index is -0.120. The van der Waals surface area contributed by atoms with Crippen LogP contribution in [0.3, 0.4) is 0 Å². The molecule has 4 aromatic rings. The molecule has 0 radical (unpaired) electrons. The van der Waals surface area contributed by atoms with Crippen LogP contribution in [0.4, 0.5) is 5.69 Å². The van der Waals surface area contributed by atoms with Gasteiger partial charge in [-0.05, 0) is 37.5 Å². The Morgan fingerprint density at radius 1 is 1.06 bits per heavy atom.